The number of nitrogens with one attached hydrogen (secondary N) is 2. The normalized spacial score (nSPS) is 31.5. The van der Waals surface area contributed by atoms with Gasteiger partial charge in [-0.1, -0.05) is 26.0 Å². The zero-order valence-corrected chi connectivity index (χ0v) is 22.4. The maximum Gasteiger partial charge on any atom is 0.327 e. The lowest BCUT2D eigenvalue weighted by Gasteiger charge is -2.49. The van der Waals surface area contributed by atoms with Gasteiger partial charge < -0.3 is 46.9 Å². The molecule has 1 aromatic rings. The van der Waals surface area contributed by atoms with E-state index in [0.29, 0.717) is 12.4 Å². The van der Waals surface area contributed by atoms with Gasteiger partial charge in [0.2, 0.25) is 11.7 Å². The molecule has 2 saturated heterocycles. The maximum atomic E-state index is 13.6. The van der Waals surface area contributed by atoms with Crippen LogP contribution in [0.3, 0.4) is 0 Å². The van der Waals surface area contributed by atoms with Gasteiger partial charge in [-0.3, -0.25) is 14.5 Å². The molecule has 1 aromatic carbocycles. The van der Waals surface area contributed by atoms with Crippen LogP contribution in [0.4, 0.5) is 4.79 Å². The number of likely N-dealkylation sites (N-methyl/N-ethyl adjacent to an activating group) is 1. The number of nitrogens with two attached hydrogens (primary N) is 2. The highest BCUT2D eigenvalue weighted by Gasteiger charge is 2.73. The van der Waals surface area contributed by atoms with Crippen molar-refractivity contribution in [3.05, 3.63) is 29.3 Å². The summed E-state index contributed by atoms with van der Waals surface area (Å²) in [7, 11) is 1.50. The van der Waals surface area contributed by atoms with Crippen molar-refractivity contribution in [1.29, 1.82) is 0 Å². The monoisotopic (exact) mass is 555 g/mol. The van der Waals surface area contributed by atoms with Gasteiger partial charge in [-0.2, -0.15) is 0 Å². The lowest BCUT2D eigenvalue weighted by molar-refractivity contribution is -0.230. The van der Waals surface area contributed by atoms with E-state index in [1.165, 1.54) is 16.8 Å². The molecule has 0 aliphatic carbocycles. The van der Waals surface area contributed by atoms with E-state index in [4.69, 9.17) is 16.2 Å². The number of aliphatic imine (C=N–C) groups is 2. The number of imide groups is 1. The molecule has 5 aliphatic heterocycles. The Morgan fingerprint density at radius 1 is 1.25 bits per heavy atom. The molecule has 3 unspecified atom stereocenters. The minimum absolute atomic E-state index is 0.0849. The number of amides is 4. The van der Waals surface area contributed by atoms with Gasteiger partial charge in [0.15, 0.2) is 17.6 Å². The second-order valence-electron chi connectivity index (χ2n) is 11.6. The number of aliphatic hydroxyl groups is 2. The van der Waals surface area contributed by atoms with Crippen LogP contribution >= 0.6 is 0 Å². The third kappa shape index (κ3) is 3.46. The lowest BCUT2D eigenvalue weighted by Crippen LogP contribution is -2.78. The van der Waals surface area contributed by atoms with Crippen molar-refractivity contribution in [2.45, 2.75) is 55.3 Å². The molecule has 4 amide bonds. The van der Waals surface area contributed by atoms with Gasteiger partial charge in [0.05, 0.1) is 24.8 Å². The molecular formula is C25H33N9O6. The van der Waals surface area contributed by atoms with Crippen LogP contribution in [0, 0.1) is 0 Å². The quantitative estimate of drug-likeness (QED) is 0.169. The highest BCUT2D eigenvalue weighted by atomic mass is 16.5. The number of benzene rings is 1. The molecule has 0 aromatic heterocycles. The van der Waals surface area contributed by atoms with Crippen LogP contribution < -0.4 is 26.8 Å². The second kappa shape index (κ2) is 8.44. The van der Waals surface area contributed by atoms with Crippen molar-refractivity contribution in [1.82, 2.24) is 25.3 Å². The van der Waals surface area contributed by atoms with Crippen LogP contribution in [0.1, 0.15) is 36.2 Å². The van der Waals surface area contributed by atoms with Gasteiger partial charge in [-0.15, -0.1) is 0 Å². The summed E-state index contributed by atoms with van der Waals surface area (Å²) < 4.78 is 5.88. The number of hydrogen-bond donors (Lipinski definition) is 6. The van der Waals surface area contributed by atoms with E-state index < -0.39 is 47.4 Å². The van der Waals surface area contributed by atoms with Crippen LogP contribution in [0.15, 0.2) is 28.2 Å². The minimum Gasteiger partial charge on any atom is -0.492 e. The molecule has 0 saturated carbocycles. The summed E-state index contributed by atoms with van der Waals surface area (Å²) in [6, 6.07) is 1.54. The van der Waals surface area contributed by atoms with Crippen molar-refractivity contribution < 1.29 is 29.3 Å². The molecule has 5 aliphatic rings. The molecule has 0 bridgehead atoms. The molecule has 40 heavy (non-hydrogen) atoms. The molecule has 15 nitrogen and oxygen atoms in total. The predicted octanol–water partition coefficient (Wildman–Crippen LogP) is -2.58. The average molecular weight is 556 g/mol. The highest BCUT2D eigenvalue weighted by Crippen LogP contribution is 2.45. The van der Waals surface area contributed by atoms with Crippen molar-refractivity contribution in [2.75, 3.05) is 33.3 Å². The second-order valence-corrected chi connectivity index (χ2v) is 11.6. The summed E-state index contributed by atoms with van der Waals surface area (Å²) in [5.41, 5.74) is 11.5. The van der Waals surface area contributed by atoms with E-state index in [0.717, 1.165) is 16.9 Å². The van der Waals surface area contributed by atoms with Crippen molar-refractivity contribution >= 4 is 29.8 Å². The van der Waals surface area contributed by atoms with Crippen LogP contribution in [0.2, 0.25) is 0 Å². The Balaban J connectivity index is 1.31. The van der Waals surface area contributed by atoms with E-state index in [1.54, 1.807) is 12.1 Å². The summed E-state index contributed by atoms with van der Waals surface area (Å²) in [5, 5.41) is 29.0. The molecule has 4 atom stereocenters. The van der Waals surface area contributed by atoms with E-state index in [9.17, 15) is 24.6 Å². The highest BCUT2D eigenvalue weighted by molar-refractivity contribution is 6.02. The standard InChI is InChI=1S/C25H33N9O6/c1-23(2)7-8-40-17-12(5-4-6-13(17)23)19(36)29-15-10-34-21(27)28-14(9-33-16(35)11-32(3)22(33)37)18-24(34,25(15,38)39)31-20(26)30-18/h4-6,14-15,18,38-39H,7-11H2,1-3H3,(H2,27,28)(H,29,36)(H3,26,30,31)/t14?,15?,18-,24?/m0/s1. The first-order valence-electron chi connectivity index (χ1n) is 13.1. The van der Waals surface area contributed by atoms with Crippen LogP contribution in [-0.2, 0) is 10.2 Å². The number of carbonyl (C=O) groups is 3. The van der Waals surface area contributed by atoms with Gasteiger partial charge >= 0.3 is 6.03 Å². The Labute approximate surface area is 229 Å². The van der Waals surface area contributed by atoms with Gasteiger partial charge in [-0.25, -0.2) is 14.8 Å². The number of guanidine groups is 2. The largest absolute Gasteiger partial charge is 0.492 e. The Morgan fingerprint density at radius 2 is 2.00 bits per heavy atom. The number of nitrogens with zero attached hydrogens (tertiary/aromatic N) is 5. The van der Waals surface area contributed by atoms with Gasteiger partial charge in [0, 0.05) is 19.2 Å². The molecule has 1 spiro atoms. The zero-order valence-electron chi connectivity index (χ0n) is 22.4. The van der Waals surface area contributed by atoms with Gasteiger partial charge in [0.1, 0.15) is 24.4 Å². The van der Waals surface area contributed by atoms with E-state index >= 15 is 0 Å². The minimum atomic E-state index is -2.67. The topological polar surface area (TPSA) is 211 Å². The van der Waals surface area contributed by atoms with Gasteiger partial charge in [-0.05, 0) is 17.9 Å². The maximum absolute atomic E-state index is 13.6. The third-order valence-electron chi connectivity index (χ3n) is 8.67. The summed E-state index contributed by atoms with van der Waals surface area (Å²) >= 11 is 0. The van der Waals surface area contributed by atoms with E-state index in [2.05, 4.69) is 34.5 Å². The fourth-order valence-electron chi connectivity index (χ4n) is 6.45. The molecule has 5 heterocycles. The van der Waals surface area contributed by atoms with E-state index in [1.807, 2.05) is 6.07 Å². The zero-order chi connectivity index (χ0) is 28.8. The van der Waals surface area contributed by atoms with Crippen molar-refractivity contribution in [2.24, 2.45) is 21.5 Å². The molecule has 0 radical (unpaired) electrons. The molecule has 8 N–H and O–H groups in total. The molecular weight excluding hydrogens is 522 g/mol. The van der Waals surface area contributed by atoms with Crippen LogP contribution in [0.5, 0.6) is 5.75 Å². The Morgan fingerprint density at radius 3 is 2.70 bits per heavy atom. The van der Waals surface area contributed by atoms with Gasteiger partial charge in [0.25, 0.3) is 5.91 Å². The summed E-state index contributed by atoms with van der Waals surface area (Å²) in [4.78, 5) is 51.1. The first-order chi connectivity index (χ1) is 18.8. The van der Waals surface area contributed by atoms with Crippen molar-refractivity contribution in [3.63, 3.8) is 0 Å². The number of urea groups is 1. The molecule has 2 fully saturated rings. The number of para-hydroxylation sites is 1. The number of fused-ring (bicyclic) bond motifs is 1. The fraction of sp³-hybridized carbons (Fsp3) is 0.560. The summed E-state index contributed by atoms with van der Waals surface area (Å²) in [6.07, 6.45) is 0.792. The number of ether oxygens (including phenoxy) is 1. The smallest absolute Gasteiger partial charge is 0.327 e. The Hall–Kier alpha value is -4.11. The van der Waals surface area contributed by atoms with Crippen molar-refractivity contribution in [3.8, 4) is 5.75 Å². The molecule has 214 valence electrons. The number of hydrogen-bond acceptors (Lipinski definition) is 12. The average Bonchev–Trinajstić information content (AvgIpc) is 3.44. The Kier molecular flexibility index (Phi) is 5.52. The molecule has 6 rings (SSSR count). The van der Waals surface area contributed by atoms with Crippen LogP contribution in [-0.4, -0.2) is 118 Å². The fourth-order valence-corrected chi connectivity index (χ4v) is 6.45. The summed E-state index contributed by atoms with van der Waals surface area (Å²) in [6.45, 7) is 4.18. The van der Waals surface area contributed by atoms with Crippen LogP contribution in [0.25, 0.3) is 0 Å². The first-order valence-corrected chi connectivity index (χ1v) is 13.1. The van der Waals surface area contributed by atoms with E-state index in [-0.39, 0.29) is 42.5 Å². The number of carbonyl (C=O) groups excluding carboxylic acids is 3. The predicted molar refractivity (Wildman–Crippen MR) is 141 cm³/mol. The summed E-state index contributed by atoms with van der Waals surface area (Å²) in [5.74, 6) is -3.38. The third-order valence-corrected chi connectivity index (χ3v) is 8.67. The first kappa shape index (κ1) is 26.1. The Bertz CT molecular complexity index is 1380. The lowest BCUT2D eigenvalue weighted by atomic mass is 9.79. The SMILES string of the molecule is CN1CC(=O)N(CC2N=C(N)N3CC(NC(=O)c4cccc5c4OCCC5(C)C)C(O)(O)C34NC(N)=N[C@@H]24)C1=O. The number of rotatable bonds is 4. The molecule has 15 heteroatoms.